The lowest BCUT2D eigenvalue weighted by Crippen LogP contribution is -2.34. The van der Waals surface area contributed by atoms with Crippen LogP contribution in [0.15, 0.2) is 36.5 Å². The Morgan fingerprint density at radius 1 is 1.41 bits per heavy atom. The van der Waals surface area contributed by atoms with Gasteiger partial charge in [0.1, 0.15) is 11.9 Å². The minimum atomic E-state index is -1.21. The van der Waals surface area contributed by atoms with Gasteiger partial charge in [0.05, 0.1) is 6.54 Å². The molecule has 1 atom stereocenters. The topological polar surface area (TPSA) is 88.2 Å². The number of carbonyl (C=O) groups excluding carboxylic acids is 1. The van der Waals surface area contributed by atoms with E-state index in [9.17, 15) is 9.90 Å². The van der Waals surface area contributed by atoms with E-state index in [2.05, 4.69) is 10.3 Å². The number of primary amides is 1. The van der Waals surface area contributed by atoms with Crippen molar-refractivity contribution in [2.24, 2.45) is 5.73 Å². The highest BCUT2D eigenvalue weighted by Gasteiger charge is 2.11. The number of nitrogens with zero attached hydrogens (tertiary/aromatic N) is 1. The van der Waals surface area contributed by atoms with E-state index >= 15 is 0 Å². The zero-order chi connectivity index (χ0) is 12.3. The minimum Gasteiger partial charge on any atom is -0.381 e. The van der Waals surface area contributed by atoms with Crippen LogP contribution in [0.1, 0.15) is 0 Å². The molecule has 1 amide bonds. The molecule has 1 aromatic carbocycles. The van der Waals surface area contributed by atoms with Crippen molar-refractivity contribution in [1.29, 1.82) is 0 Å². The molecule has 0 aliphatic rings. The summed E-state index contributed by atoms with van der Waals surface area (Å²) in [6.07, 6.45) is 0.456. The van der Waals surface area contributed by atoms with Gasteiger partial charge in [-0.25, -0.2) is 4.98 Å². The summed E-state index contributed by atoms with van der Waals surface area (Å²) >= 11 is 0. The number of anilines is 1. The van der Waals surface area contributed by atoms with Crippen LogP contribution < -0.4 is 11.1 Å². The Bertz CT molecular complexity index is 537. The van der Waals surface area contributed by atoms with Gasteiger partial charge in [0.15, 0.2) is 0 Å². The van der Waals surface area contributed by atoms with Crippen LogP contribution in [0.3, 0.4) is 0 Å². The van der Waals surface area contributed by atoms with Crippen molar-refractivity contribution >= 4 is 22.5 Å². The number of benzene rings is 1. The number of nitrogens with one attached hydrogen (secondary N) is 1. The third-order valence-corrected chi connectivity index (χ3v) is 2.46. The molecule has 0 saturated heterocycles. The highest BCUT2D eigenvalue weighted by molar-refractivity contribution is 5.91. The Hall–Kier alpha value is -2.14. The number of pyridine rings is 1. The second-order valence-corrected chi connectivity index (χ2v) is 3.68. The first kappa shape index (κ1) is 11.3. The van der Waals surface area contributed by atoms with Gasteiger partial charge in [-0.2, -0.15) is 0 Å². The van der Waals surface area contributed by atoms with E-state index in [0.29, 0.717) is 5.82 Å². The molecule has 0 aliphatic heterocycles. The van der Waals surface area contributed by atoms with Gasteiger partial charge in [0, 0.05) is 11.6 Å². The number of rotatable bonds is 4. The highest BCUT2D eigenvalue weighted by atomic mass is 16.3. The van der Waals surface area contributed by atoms with E-state index < -0.39 is 12.0 Å². The molecule has 5 heteroatoms. The first-order chi connectivity index (χ1) is 8.18. The molecule has 0 bridgehead atoms. The van der Waals surface area contributed by atoms with Gasteiger partial charge in [-0.15, -0.1) is 0 Å². The lowest BCUT2D eigenvalue weighted by Gasteiger charge is -2.10. The zero-order valence-electron chi connectivity index (χ0n) is 9.13. The number of hydrogen-bond acceptors (Lipinski definition) is 4. The van der Waals surface area contributed by atoms with Crippen molar-refractivity contribution in [3.05, 3.63) is 36.5 Å². The average molecular weight is 231 g/mol. The first-order valence-electron chi connectivity index (χ1n) is 5.23. The van der Waals surface area contributed by atoms with Crippen LogP contribution in [0, 0.1) is 0 Å². The largest absolute Gasteiger partial charge is 0.381 e. The predicted octanol–water partition coefficient (Wildman–Crippen LogP) is 0.493. The molecule has 0 radical (unpaired) electrons. The van der Waals surface area contributed by atoms with Gasteiger partial charge in [-0.1, -0.05) is 24.3 Å². The van der Waals surface area contributed by atoms with Gasteiger partial charge in [-0.3, -0.25) is 4.79 Å². The van der Waals surface area contributed by atoms with Crippen molar-refractivity contribution in [2.45, 2.75) is 6.10 Å². The fraction of sp³-hybridized carbons (Fsp3) is 0.167. The van der Waals surface area contributed by atoms with E-state index in [-0.39, 0.29) is 6.54 Å². The quantitative estimate of drug-likeness (QED) is 0.714. The third kappa shape index (κ3) is 2.51. The molecule has 88 valence electrons. The first-order valence-corrected chi connectivity index (χ1v) is 5.23. The second kappa shape index (κ2) is 4.80. The fourth-order valence-electron chi connectivity index (χ4n) is 1.55. The van der Waals surface area contributed by atoms with Gasteiger partial charge in [0.25, 0.3) is 0 Å². The maximum absolute atomic E-state index is 10.7. The van der Waals surface area contributed by atoms with Crippen molar-refractivity contribution < 1.29 is 9.90 Å². The minimum absolute atomic E-state index is 0.0519. The van der Waals surface area contributed by atoms with Crippen molar-refractivity contribution in [1.82, 2.24) is 4.98 Å². The van der Waals surface area contributed by atoms with Crippen LogP contribution >= 0.6 is 0 Å². The Labute approximate surface area is 98.3 Å². The maximum Gasteiger partial charge on any atom is 0.248 e. The molecule has 17 heavy (non-hydrogen) atoms. The molecule has 5 nitrogen and oxygen atoms in total. The summed E-state index contributed by atoms with van der Waals surface area (Å²) in [5, 5.41) is 14.2. The van der Waals surface area contributed by atoms with Gasteiger partial charge in [-0.05, 0) is 11.5 Å². The summed E-state index contributed by atoms with van der Waals surface area (Å²) in [6.45, 7) is 0.0519. The van der Waals surface area contributed by atoms with Gasteiger partial charge in [0.2, 0.25) is 5.91 Å². The Morgan fingerprint density at radius 2 is 2.18 bits per heavy atom. The van der Waals surface area contributed by atoms with Crippen LogP contribution in [-0.4, -0.2) is 28.6 Å². The molecular formula is C12H13N3O2. The van der Waals surface area contributed by atoms with Crippen LogP contribution in [0.25, 0.3) is 10.8 Å². The Kier molecular flexibility index (Phi) is 3.20. The van der Waals surface area contributed by atoms with Crippen LogP contribution in [0.2, 0.25) is 0 Å². The summed E-state index contributed by atoms with van der Waals surface area (Å²) in [7, 11) is 0. The second-order valence-electron chi connectivity index (χ2n) is 3.68. The molecule has 1 heterocycles. The molecule has 4 N–H and O–H groups in total. The number of fused-ring (bicyclic) bond motifs is 1. The number of hydrogen-bond donors (Lipinski definition) is 3. The number of aliphatic hydroxyl groups excluding tert-OH is 1. The molecule has 0 saturated carbocycles. The summed E-state index contributed by atoms with van der Waals surface area (Å²) < 4.78 is 0. The zero-order valence-corrected chi connectivity index (χ0v) is 9.13. The molecule has 0 fully saturated rings. The van der Waals surface area contributed by atoms with E-state index in [1.165, 1.54) is 0 Å². The van der Waals surface area contributed by atoms with Crippen LogP contribution in [-0.2, 0) is 4.79 Å². The predicted molar refractivity (Wildman–Crippen MR) is 65.4 cm³/mol. The summed E-state index contributed by atoms with van der Waals surface area (Å²) in [6, 6.07) is 9.61. The van der Waals surface area contributed by atoms with Gasteiger partial charge < -0.3 is 16.2 Å². The summed E-state index contributed by atoms with van der Waals surface area (Å²) in [5.74, 6) is -0.124. The molecule has 1 aromatic heterocycles. The third-order valence-electron chi connectivity index (χ3n) is 2.46. The Balaban J connectivity index is 2.21. The van der Waals surface area contributed by atoms with E-state index in [0.717, 1.165) is 10.8 Å². The lowest BCUT2D eigenvalue weighted by molar-refractivity contribution is -0.125. The fourth-order valence-corrected chi connectivity index (χ4v) is 1.55. The number of nitrogens with two attached hydrogens (primary N) is 1. The van der Waals surface area contributed by atoms with E-state index in [1.54, 1.807) is 6.20 Å². The van der Waals surface area contributed by atoms with E-state index in [4.69, 9.17) is 5.73 Å². The summed E-state index contributed by atoms with van der Waals surface area (Å²) in [5.41, 5.74) is 4.96. The normalized spacial score (nSPS) is 12.3. The molecule has 1 unspecified atom stereocenters. The van der Waals surface area contributed by atoms with Crippen molar-refractivity contribution in [3.63, 3.8) is 0 Å². The SMILES string of the molecule is NC(=O)C(O)CNc1nccc2ccccc12. The summed E-state index contributed by atoms with van der Waals surface area (Å²) in [4.78, 5) is 14.9. The average Bonchev–Trinajstić information content (AvgIpc) is 2.35. The molecule has 0 aliphatic carbocycles. The van der Waals surface area contributed by atoms with Gasteiger partial charge >= 0.3 is 0 Å². The maximum atomic E-state index is 10.7. The highest BCUT2D eigenvalue weighted by Crippen LogP contribution is 2.19. The standard InChI is InChI=1S/C12H13N3O2/c13-11(17)10(16)7-15-12-9-4-2-1-3-8(9)5-6-14-12/h1-6,10,16H,7H2,(H2,13,17)(H,14,15). The molecule has 2 aromatic rings. The van der Waals surface area contributed by atoms with Crippen molar-refractivity contribution in [3.8, 4) is 0 Å². The smallest absolute Gasteiger partial charge is 0.248 e. The number of carbonyl (C=O) groups is 1. The van der Waals surface area contributed by atoms with Crippen molar-refractivity contribution in [2.75, 3.05) is 11.9 Å². The molecule has 2 rings (SSSR count). The van der Waals surface area contributed by atoms with E-state index in [1.807, 2.05) is 30.3 Å². The number of aliphatic hydroxyl groups is 1. The molecule has 0 spiro atoms. The monoisotopic (exact) mass is 231 g/mol. The molecular weight excluding hydrogens is 218 g/mol. The van der Waals surface area contributed by atoms with Crippen LogP contribution in [0.5, 0.6) is 0 Å². The number of aromatic nitrogens is 1. The lowest BCUT2D eigenvalue weighted by atomic mass is 10.1. The number of amides is 1. The van der Waals surface area contributed by atoms with Crippen LogP contribution in [0.4, 0.5) is 5.82 Å². The Morgan fingerprint density at radius 3 is 2.94 bits per heavy atom.